The molecule has 96 valence electrons. The summed E-state index contributed by atoms with van der Waals surface area (Å²) in [7, 11) is 0. The molecule has 1 N–H and O–H groups in total. The second-order valence-corrected chi connectivity index (χ2v) is 5.99. The third-order valence-corrected chi connectivity index (χ3v) is 3.09. The van der Waals surface area contributed by atoms with Crippen LogP contribution in [0.15, 0.2) is 0 Å². The molecule has 1 aromatic heterocycles. The van der Waals surface area contributed by atoms with Crippen molar-refractivity contribution in [2.24, 2.45) is 0 Å². The van der Waals surface area contributed by atoms with Crippen LogP contribution in [0.3, 0.4) is 0 Å². The van der Waals surface area contributed by atoms with Crippen LogP contribution in [0.25, 0.3) is 0 Å². The second kappa shape index (κ2) is 6.00. The summed E-state index contributed by atoms with van der Waals surface area (Å²) >= 11 is 29.1. The van der Waals surface area contributed by atoms with Crippen molar-refractivity contribution in [1.82, 2.24) is 4.98 Å². The van der Waals surface area contributed by atoms with Gasteiger partial charge >= 0.3 is 0 Å². The van der Waals surface area contributed by atoms with Crippen LogP contribution in [0.1, 0.15) is 18.3 Å². The van der Waals surface area contributed by atoms with E-state index in [0.29, 0.717) is 6.61 Å². The van der Waals surface area contributed by atoms with Gasteiger partial charge in [-0.25, -0.2) is 4.98 Å². The van der Waals surface area contributed by atoms with Gasteiger partial charge in [-0.05, 0) is 6.92 Å². The number of pyridine rings is 1. The number of aliphatic hydroxyl groups is 1. The van der Waals surface area contributed by atoms with Crippen LogP contribution in [-0.4, -0.2) is 16.7 Å². The molecule has 0 aliphatic carbocycles. The molecule has 0 aromatic carbocycles. The van der Waals surface area contributed by atoms with Crippen LogP contribution in [0, 0.1) is 0 Å². The molecule has 17 heavy (non-hydrogen) atoms. The zero-order chi connectivity index (χ0) is 13.2. The van der Waals surface area contributed by atoms with Crippen molar-refractivity contribution in [1.29, 1.82) is 0 Å². The fourth-order valence-electron chi connectivity index (χ4n) is 1.13. The molecule has 0 amide bonds. The van der Waals surface area contributed by atoms with E-state index in [9.17, 15) is 0 Å². The van der Waals surface area contributed by atoms with Crippen LogP contribution >= 0.6 is 58.0 Å². The molecule has 0 atom stereocenters. The first-order chi connectivity index (χ1) is 7.82. The maximum atomic E-state index is 9.12. The molecule has 0 aliphatic heterocycles. The lowest BCUT2D eigenvalue weighted by atomic mass is 10.3. The minimum absolute atomic E-state index is 0.0223. The van der Waals surface area contributed by atoms with E-state index < -0.39 is 10.4 Å². The van der Waals surface area contributed by atoms with Gasteiger partial charge in [0.2, 0.25) is 3.79 Å². The maximum absolute atomic E-state index is 9.12. The lowest BCUT2D eigenvalue weighted by Crippen LogP contribution is -2.10. The Labute approximate surface area is 124 Å². The van der Waals surface area contributed by atoms with Crippen LogP contribution in [-0.2, 0) is 10.4 Å². The van der Waals surface area contributed by atoms with Gasteiger partial charge in [-0.2, -0.15) is 0 Å². The Morgan fingerprint density at radius 3 is 2.24 bits per heavy atom. The van der Waals surface area contributed by atoms with Gasteiger partial charge in [0.15, 0.2) is 5.75 Å². The number of aromatic nitrogens is 1. The Morgan fingerprint density at radius 2 is 1.82 bits per heavy atom. The van der Waals surface area contributed by atoms with Gasteiger partial charge in [-0.3, -0.25) is 0 Å². The molecule has 1 rings (SSSR count). The van der Waals surface area contributed by atoms with E-state index in [2.05, 4.69) is 4.98 Å². The Balaban J connectivity index is 3.48. The van der Waals surface area contributed by atoms with Gasteiger partial charge in [0.1, 0.15) is 15.7 Å². The van der Waals surface area contributed by atoms with E-state index in [1.54, 1.807) is 6.92 Å². The molecule has 8 heteroatoms. The van der Waals surface area contributed by atoms with Crippen molar-refractivity contribution >= 4 is 58.0 Å². The highest BCUT2D eigenvalue weighted by Crippen LogP contribution is 2.46. The third-order valence-electron chi connectivity index (χ3n) is 1.81. The number of hydrogen-bond acceptors (Lipinski definition) is 3. The monoisotopic (exact) mass is 337 g/mol. The van der Waals surface area contributed by atoms with Crippen LogP contribution in [0.2, 0.25) is 10.0 Å². The average Bonchev–Trinajstić information content (AvgIpc) is 2.22. The molecule has 0 saturated heterocycles. The summed E-state index contributed by atoms with van der Waals surface area (Å²) < 4.78 is 3.43. The fourth-order valence-corrected chi connectivity index (χ4v) is 2.32. The highest BCUT2D eigenvalue weighted by atomic mass is 35.6. The van der Waals surface area contributed by atoms with Crippen molar-refractivity contribution < 1.29 is 9.84 Å². The lowest BCUT2D eigenvalue weighted by Gasteiger charge is -2.18. The van der Waals surface area contributed by atoms with Gasteiger partial charge in [0.05, 0.1) is 18.9 Å². The van der Waals surface area contributed by atoms with Crippen LogP contribution in [0.5, 0.6) is 5.75 Å². The average molecular weight is 339 g/mol. The number of ether oxygens (including phenoxy) is 1. The molecule has 0 saturated carbocycles. The molecule has 1 aromatic rings. The number of rotatable bonds is 3. The summed E-state index contributed by atoms with van der Waals surface area (Å²) in [4.78, 5) is 3.91. The van der Waals surface area contributed by atoms with Crippen molar-refractivity contribution in [2.75, 3.05) is 6.61 Å². The number of hydrogen-bond donors (Lipinski definition) is 1. The standard InChI is InChI=1S/C9H8Cl5NO2/c1-2-17-7-5(10)4(3-16)15-8(6(7)11)9(12,13)14/h16H,2-3H2,1H3. The Bertz CT molecular complexity index is 419. The first-order valence-corrected chi connectivity index (χ1v) is 6.40. The van der Waals surface area contributed by atoms with E-state index in [1.165, 1.54) is 0 Å². The second-order valence-electron chi connectivity index (χ2n) is 2.95. The van der Waals surface area contributed by atoms with Gasteiger partial charge in [0, 0.05) is 0 Å². The van der Waals surface area contributed by atoms with E-state index in [4.69, 9.17) is 67.8 Å². The number of halogens is 5. The smallest absolute Gasteiger partial charge is 0.234 e. The quantitative estimate of drug-likeness (QED) is 0.843. The molecule has 0 unspecified atom stereocenters. The predicted octanol–water partition coefficient (Wildman–Crippen LogP) is 4.11. The molecule has 0 spiro atoms. The van der Waals surface area contributed by atoms with E-state index >= 15 is 0 Å². The normalized spacial score (nSPS) is 11.7. The van der Waals surface area contributed by atoms with E-state index in [-0.39, 0.29) is 27.2 Å². The van der Waals surface area contributed by atoms with Crippen LogP contribution < -0.4 is 4.74 Å². The lowest BCUT2D eigenvalue weighted by molar-refractivity contribution is 0.274. The van der Waals surface area contributed by atoms with Gasteiger partial charge in [0.25, 0.3) is 0 Å². The summed E-state index contributed by atoms with van der Waals surface area (Å²) in [5.41, 5.74) is 0.113. The molecule has 0 radical (unpaired) electrons. The molecule has 0 fully saturated rings. The molecular weight excluding hydrogens is 331 g/mol. The minimum atomic E-state index is -1.82. The Kier molecular flexibility index (Phi) is 5.44. The topological polar surface area (TPSA) is 42.4 Å². The number of nitrogens with zero attached hydrogens (tertiary/aromatic N) is 1. The van der Waals surface area contributed by atoms with Gasteiger partial charge in [-0.15, -0.1) is 0 Å². The van der Waals surface area contributed by atoms with Gasteiger partial charge in [-0.1, -0.05) is 58.0 Å². The van der Waals surface area contributed by atoms with Crippen molar-refractivity contribution in [3.63, 3.8) is 0 Å². The van der Waals surface area contributed by atoms with E-state index in [1.807, 2.05) is 0 Å². The zero-order valence-corrected chi connectivity index (χ0v) is 12.4. The minimum Gasteiger partial charge on any atom is -0.491 e. The van der Waals surface area contributed by atoms with Gasteiger partial charge < -0.3 is 9.84 Å². The molecule has 1 heterocycles. The maximum Gasteiger partial charge on any atom is 0.234 e. The largest absolute Gasteiger partial charge is 0.491 e. The first-order valence-electron chi connectivity index (χ1n) is 4.51. The first kappa shape index (κ1) is 15.4. The zero-order valence-electron chi connectivity index (χ0n) is 8.61. The van der Waals surface area contributed by atoms with E-state index in [0.717, 1.165) is 0 Å². The highest BCUT2D eigenvalue weighted by molar-refractivity contribution is 6.67. The van der Waals surface area contributed by atoms with Crippen molar-refractivity contribution in [3.05, 3.63) is 21.4 Å². The van der Waals surface area contributed by atoms with Crippen LogP contribution in [0.4, 0.5) is 0 Å². The predicted molar refractivity (Wildman–Crippen MR) is 70.6 cm³/mol. The summed E-state index contributed by atoms with van der Waals surface area (Å²) in [6.07, 6.45) is 0. The summed E-state index contributed by atoms with van der Waals surface area (Å²) in [5, 5.41) is 9.25. The molecule has 3 nitrogen and oxygen atoms in total. The SMILES string of the molecule is CCOc1c(Cl)c(CO)nc(C(Cl)(Cl)Cl)c1Cl. The fraction of sp³-hybridized carbons (Fsp3) is 0.444. The van der Waals surface area contributed by atoms with Crippen molar-refractivity contribution in [2.45, 2.75) is 17.3 Å². The molecule has 0 aliphatic rings. The third kappa shape index (κ3) is 3.43. The Morgan fingerprint density at radius 1 is 1.24 bits per heavy atom. The summed E-state index contributed by atoms with van der Waals surface area (Å²) in [5.74, 6) is 0.149. The number of alkyl halides is 3. The molecule has 0 bridgehead atoms. The molecular formula is C9H8Cl5NO2. The highest BCUT2D eigenvalue weighted by Gasteiger charge is 2.32. The van der Waals surface area contributed by atoms with Crippen molar-refractivity contribution in [3.8, 4) is 5.75 Å². The Hall–Kier alpha value is 0.360. The summed E-state index contributed by atoms with van der Waals surface area (Å²) in [6.45, 7) is 1.66. The summed E-state index contributed by atoms with van der Waals surface area (Å²) in [6, 6.07) is 0. The number of aliphatic hydroxyl groups excluding tert-OH is 1.